The van der Waals surface area contributed by atoms with Gasteiger partial charge in [-0.25, -0.2) is 4.68 Å². The van der Waals surface area contributed by atoms with Crippen molar-refractivity contribution in [3.8, 4) is 11.6 Å². The number of halogens is 4. The van der Waals surface area contributed by atoms with Crippen LogP contribution in [-0.4, -0.2) is 21.8 Å². The maximum atomic E-state index is 13.9. The van der Waals surface area contributed by atoms with E-state index >= 15 is 0 Å². The van der Waals surface area contributed by atoms with Crippen molar-refractivity contribution < 1.29 is 27.2 Å². The lowest BCUT2D eigenvalue weighted by molar-refractivity contribution is -0.384. The largest absolute Gasteiger partial charge is 0.479 e. The molecule has 6 nitrogen and oxygen atoms in total. The van der Waals surface area contributed by atoms with Crippen LogP contribution in [0.1, 0.15) is 5.56 Å². The van der Waals surface area contributed by atoms with Crippen LogP contribution in [0.15, 0.2) is 24.3 Å². The Morgan fingerprint density at radius 3 is 2.24 bits per heavy atom. The van der Waals surface area contributed by atoms with E-state index in [-0.39, 0.29) is 11.4 Å². The summed E-state index contributed by atoms with van der Waals surface area (Å²) in [5, 5.41) is 13.9. The van der Waals surface area contributed by atoms with Gasteiger partial charge >= 0.3 is 6.18 Å². The number of hydrogen-bond acceptors (Lipinski definition) is 4. The first-order valence-electron chi connectivity index (χ1n) is 5.40. The zero-order valence-electron chi connectivity index (χ0n) is 10.4. The molecular weight excluding hydrogens is 298 g/mol. The van der Waals surface area contributed by atoms with Crippen molar-refractivity contribution in [3.05, 3.63) is 45.9 Å². The average Bonchev–Trinajstić information content (AvgIpc) is 2.75. The van der Waals surface area contributed by atoms with Crippen LogP contribution in [0.4, 0.5) is 23.2 Å². The Hall–Kier alpha value is -2.65. The first-order valence-corrected chi connectivity index (χ1v) is 5.40. The smallest absolute Gasteiger partial charge is 0.426 e. The van der Waals surface area contributed by atoms with Crippen LogP contribution in [-0.2, 0) is 6.18 Å². The second-order valence-electron chi connectivity index (χ2n) is 3.86. The molecule has 0 aliphatic carbocycles. The molecule has 10 heteroatoms. The fourth-order valence-corrected chi connectivity index (χ4v) is 1.65. The lowest BCUT2D eigenvalue weighted by Gasteiger charge is -2.05. The number of benzene rings is 1. The van der Waals surface area contributed by atoms with Gasteiger partial charge in [0.2, 0.25) is 11.8 Å². The molecule has 0 fully saturated rings. The number of ether oxygens (including phenoxy) is 1. The molecule has 1 aromatic heterocycles. The standard InChI is InChI=1S/C11H7F4N3O3/c1-21-10-8(11(13,14)15)9(12)17(16-10)6-2-4-7(5-3-6)18(19)20/h2-5H,1H3. The summed E-state index contributed by atoms with van der Waals surface area (Å²) in [6.07, 6.45) is -4.98. The number of nitro benzene ring substituents is 1. The van der Waals surface area contributed by atoms with Crippen LogP contribution in [0.2, 0.25) is 0 Å². The molecule has 1 aromatic carbocycles. The van der Waals surface area contributed by atoms with Gasteiger partial charge in [-0.1, -0.05) is 0 Å². The van der Waals surface area contributed by atoms with Gasteiger partial charge in [-0.2, -0.15) is 17.6 Å². The quantitative estimate of drug-likeness (QED) is 0.496. The summed E-state index contributed by atoms with van der Waals surface area (Å²) in [5.74, 6) is -2.58. The molecule has 0 spiro atoms. The minimum Gasteiger partial charge on any atom is -0.479 e. The highest BCUT2D eigenvalue weighted by molar-refractivity contribution is 5.42. The van der Waals surface area contributed by atoms with E-state index < -0.39 is 28.5 Å². The topological polar surface area (TPSA) is 70.2 Å². The molecule has 0 radical (unpaired) electrons. The molecule has 0 unspecified atom stereocenters. The summed E-state index contributed by atoms with van der Waals surface area (Å²) in [7, 11) is 0.928. The molecule has 112 valence electrons. The molecule has 0 saturated heterocycles. The second-order valence-corrected chi connectivity index (χ2v) is 3.86. The number of alkyl halides is 3. The molecule has 0 aliphatic heterocycles. The van der Waals surface area contributed by atoms with Crippen molar-refractivity contribution in [1.82, 2.24) is 9.78 Å². The van der Waals surface area contributed by atoms with E-state index in [0.29, 0.717) is 4.68 Å². The normalized spacial score (nSPS) is 11.5. The number of rotatable bonds is 3. The van der Waals surface area contributed by atoms with Gasteiger partial charge in [0.15, 0.2) is 5.56 Å². The van der Waals surface area contributed by atoms with Crippen molar-refractivity contribution in [2.45, 2.75) is 6.18 Å². The van der Waals surface area contributed by atoms with Gasteiger partial charge in [0.05, 0.1) is 17.7 Å². The van der Waals surface area contributed by atoms with E-state index in [4.69, 9.17) is 0 Å². The summed E-state index contributed by atoms with van der Waals surface area (Å²) in [5.41, 5.74) is -2.02. The van der Waals surface area contributed by atoms with Crippen molar-refractivity contribution in [2.24, 2.45) is 0 Å². The monoisotopic (exact) mass is 305 g/mol. The fourth-order valence-electron chi connectivity index (χ4n) is 1.65. The molecule has 0 saturated carbocycles. The predicted molar refractivity (Wildman–Crippen MR) is 61.7 cm³/mol. The third-order valence-electron chi connectivity index (χ3n) is 2.58. The van der Waals surface area contributed by atoms with Crippen LogP contribution in [0.25, 0.3) is 5.69 Å². The molecule has 1 heterocycles. The van der Waals surface area contributed by atoms with Crippen molar-refractivity contribution in [1.29, 1.82) is 0 Å². The maximum Gasteiger partial charge on any atom is 0.426 e. The highest BCUT2D eigenvalue weighted by atomic mass is 19.4. The van der Waals surface area contributed by atoms with Gasteiger partial charge in [-0.15, -0.1) is 5.10 Å². The Morgan fingerprint density at radius 1 is 1.29 bits per heavy atom. The highest BCUT2D eigenvalue weighted by Crippen LogP contribution is 2.38. The van der Waals surface area contributed by atoms with Gasteiger partial charge in [0, 0.05) is 12.1 Å². The molecule has 0 aliphatic rings. The highest BCUT2D eigenvalue weighted by Gasteiger charge is 2.42. The molecule has 0 N–H and O–H groups in total. The predicted octanol–water partition coefficient (Wildman–Crippen LogP) is 2.95. The van der Waals surface area contributed by atoms with Crippen molar-refractivity contribution in [3.63, 3.8) is 0 Å². The molecule has 2 rings (SSSR count). The van der Waals surface area contributed by atoms with Gasteiger partial charge in [-0.3, -0.25) is 10.1 Å². The van der Waals surface area contributed by atoms with Crippen LogP contribution in [0.5, 0.6) is 5.88 Å². The third kappa shape index (κ3) is 2.64. The Kier molecular flexibility index (Phi) is 3.54. The van der Waals surface area contributed by atoms with Crippen LogP contribution < -0.4 is 4.74 Å². The molecule has 0 amide bonds. The Balaban J connectivity index is 2.55. The van der Waals surface area contributed by atoms with E-state index in [9.17, 15) is 27.7 Å². The van der Waals surface area contributed by atoms with Gasteiger partial charge < -0.3 is 4.74 Å². The number of methoxy groups -OCH3 is 1. The summed E-state index contributed by atoms with van der Waals surface area (Å²) in [6, 6.07) is 4.20. The first kappa shape index (κ1) is 14.8. The Bertz CT molecular complexity index is 679. The van der Waals surface area contributed by atoms with E-state index in [1.807, 2.05) is 0 Å². The third-order valence-corrected chi connectivity index (χ3v) is 2.58. The van der Waals surface area contributed by atoms with Crippen LogP contribution in [0, 0.1) is 16.1 Å². The van der Waals surface area contributed by atoms with E-state index in [1.54, 1.807) is 0 Å². The first-order chi connectivity index (χ1) is 9.75. The zero-order chi connectivity index (χ0) is 15.8. The minimum atomic E-state index is -4.98. The van der Waals surface area contributed by atoms with Crippen molar-refractivity contribution in [2.75, 3.05) is 7.11 Å². The average molecular weight is 305 g/mol. The number of nitro groups is 1. The number of non-ortho nitro benzene ring substituents is 1. The van der Waals surface area contributed by atoms with Gasteiger partial charge in [-0.05, 0) is 12.1 Å². The van der Waals surface area contributed by atoms with Crippen LogP contribution >= 0.6 is 0 Å². The SMILES string of the molecule is COc1nn(-c2ccc([N+](=O)[O-])cc2)c(F)c1C(F)(F)F. The number of aromatic nitrogens is 2. The zero-order valence-corrected chi connectivity index (χ0v) is 10.4. The molecule has 0 bridgehead atoms. The number of hydrogen-bond donors (Lipinski definition) is 0. The second kappa shape index (κ2) is 5.04. The summed E-state index contributed by atoms with van der Waals surface area (Å²) in [4.78, 5) is 9.80. The van der Waals surface area contributed by atoms with Crippen molar-refractivity contribution >= 4 is 5.69 Å². The lowest BCUT2D eigenvalue weighted by atomic mass is 10.3. The molecule has 2 aromatic rings. The Morgan fingerprint density at radius 2 is 1.86 bits per heavy atom. The van der Waals surface area contributed by atoms with E-state index in [2.05, 4.69) is 9.84 Å². The van der Waals surface area contributed by atoms with E-state index in [0.717, 1.165) is 31.4 Å². The summed E-state index contributed by atoms with van der Waals surface area (Å²) >= 11 is 0. The van der Waals surface area contributed by atoms with Gasteiger partial charge in [0.1, 0.15) is 0 Å². The molecular formula is C11H7F4N3O3. The lowest BCUT2D eigenvalue weighted by Crippen LogP contribution is -2.09. The van der Waals surface area contributed by atoms with E-state index in [1.165, 1.54) is 0 Å². The maximum absolute atomic E-state index is 13.9. The number of nitrogens with zero attached hydrogens (tertiary/aromatic N) is 3. The summed E-state index contributed by atoms with van der Waals surface area (Å²) < 4.78 is 56.9. The summed E-state index contributed by atoms with van der Waals surface area (Å²) in [6.45, 7) is 0. The molecule has 21 heavy (non-hydrogen) atoms. The Labute approximate surface area is 114 Å². The fraction of sp³-hybridized carbons (Fsp3) is 0.182. The van der Waals surface area contributed by atoms with Gasteiger partial charge in [0.25, 0.3) is 5.69 Å². The van der Waals surface area contributed by atoms with Crippen LogP contribution in [0.3, 0.4) is 0 Å². The molecule has 0 atom stereocenters. The minimum absolute atomic E-state index is 0.105.